The molecule has 0 saturated carbocycles. The lowest BCUT2D eigenvalue weighted by atomic mass is 10.1. The Morgan fingerprint density at radius 2 is 1.89 bits per heavy atom. The molecule has 0 spiro atoms. The zero-order valence-electron chi connectivity index (χ0n) is 16.5. The monoisotopic (exact) mass is 403 g/mol. The van der Waals surface area contributed by atoms with Crippen LogP contribution in [0.25, 0.3) is 0 Å². The van der Waals surface area contributed by atoms with Gasteiger partial charge >= 0.3 is 5.97 Å². The van der Waals surface area contributed by atoms with Crippen LogP contribution in [0.4, 0.5) is 5.69 Å². The SMILES string of the molecule is CCc1cccc(C)c1NC(=O)COC(=O)CCCOc1ccc(Cl)cc1C. The standard InChI is InChI=1S/C22H26ClNO4/c1-4-17-8-5-7-15(2)22(17)24-20(25)14-28-21(26)9-6-12-27-19-11-10-18(23)13-16(19)3/h5,7-8,10-11,13H,4,6,9,12,14H2,1-3H3,(H,24,25). The van der Waals surface area contributed by atoms with E-state index in [1.165, 1.54) is 0 Å². The number of halogens is 1. The molecule has 0 aliphatic rings. The van der Waals surface area contributed by atoms with Crippen LogP contribution in [0.2, 0.25) is 5.02 Å². The van der Waals surface area contributed by atoms with Crippen molar-refractivity contribution in [3.63, 3.8) is 0 Å². The number of amides is 1. The van der Waals surface area contributed by atoms with Crippen molar-refractivity contribution in [3.8, 4) is 5.75 Å². The second-order valence-corrected chi connectivity index (χ2v) is 6.97. The van der Waals surface area contributed by atoms with Crippen molar-refractivity contribution in [3.05, 3.63) is 58.1 Å². The maximum absolute atomic E-state index is 12.1. The minimum atomic E-state index is -0.424. The summed E-state index contributed by atoms with van der Waals surface area (Å²) in [6.45, 7) is 5.95. The van der Waals surface area contributed by atoms with Gasteiger partial charge in [-0.2, -0.15) is 0 Å². The largest absolute Gasteiger partial charge is 0.493 e. The highest BCUT2D eigenvalue weighted by Crippen LogP contribution is 2.22. The Labute approximate surface area is 171 Å². The van der Waals surface area contributed by atoms with Crippen molar-refractivity contribution in [1.82, 2.24) is 0 Å². The number of esters is 1. The van der Waals surface area contributed by atoms with E-state index in [0.29, 0.717) is 18.1 Å². The van der Waals surface area contributed by atoms with Crippen molar-refractivity contribution >= 4 is 29.2 Å². The average molecular weight is 404 g/mol. The number of hydrogen-bond donors (Lipinski definition) is 1. The summed E-state index contributed by atoms with van der Waals surface area (Å²) >= 11 is 5.91. The smallest absolute Gasteiger partial charge is 0.306 e. The van der Waals surface area contributed by atoms with E-state index in [1.54, 1.807) is 12.1 Å². The van der Waals surface area contributed by atoms with Gasteiger partial charge in [-0.1, -0.05) is 36.7 Å². The lowest BCUT2D eigenvalue weighted by molar-refractivity contribution is -0.147. The van der Waals surface area contributed by atoms with Crippen molar-refractivity contribution in [2.45, 2.75) is 40.0 Å². The lowest BCUT2D eigenvalue weighted by Crippen LogP contribution is -2.22. The average Bonchev–Trinajstić information content (AvgIpc) is 2.66. The fourth-order valence-corrected chi connectivity index (χ4v) is 3.00. The van der Waals surface area contributed by atoms with Crippen LogP contribution in [0, 0.1) is 13.8 Å². The quantitative estimate of drug-likeness (QED) is 0.479. The molecule has 0 unspecified atom stereocenters. The predicted molar refractivity (Wildman–Crippen MR) is 111 cm³/mol. The van der Waals surface area contributed by atoms with Gasteiger partial charge in [-0.3, -0.25) is 9.59 Å². The van der Waals surface area contributed by atoms with Gasteiger partial charge in [0, 0.05) is 17.1 Å². The predicted octanol–water partition coefficient (Wildman–Crippen LogP) is 4.86. The number of aryl methyl sites for hydroxylation is 3. The highest BCUT2D eigenvalue weighted by molar-refractivity contribution is 6.30. The maximum Gasteiger partial charge on any atom is 0.306 e. The van der Waals surface area contributed by atoms with E-state index in [0.717, 1.165) is 34.5 Å². The fourth-order valence-electron chi connectivity index (χ4n) is 2.77. The normalized spacial score (nSPS) is 10.4. The number of hydrogen-bond acceptors (Lipinski definition) is 4. The van der Waals surface area contributed by atoms with Gasteiger partial charge in [0.1, 0.15) is 5.75 Å². The number of rotatable bonds is 9. The summed E-state index contributed by atoms with van der Waals surface area (Å²) in [5.41, 5.74) is 3.76. The summed E-state index contributed by atoms with van der Waals surface area (Å²) in [6.07, 6.45) is 1.50. The van der Waals surface area contributed by atoms with E-state index in [4.69, 9.17) is 21.1 Å². The van der Waals surface area contributed by atoms with Crippen LogP contribution in [-0.2, 0) is 20.7 Å². The van der Waals surface area contributed by atoms with Gasteiger partial charge in [0.2, 0.25) is 0 Å². The van der Waals surface area contributed by atoms with Crippen LogP contribution in [0.15, 0.2) is 36.4 Å². The van der Waals surface area contributed by atoms with Crippen molar-refractivity contribution in [2.24, 2.45) is 0 Å². The van der Waals surface area contributed by atoms with Crippen LogP contribution in [-0.4, -0.2) is 25.1 Å². The Kier molecular flexibility index (Phi) is 8.33. The first-order valence-electron chi connectivity index (χ1n) is 9.33. The summed E-state index contributed by atoms with van der Waals surface area (Å²) in [5.74, 6) is -0.0282. The van der Waals surface area contributed by atoms with E-state index in [9.17, 15) is 9.59 Å². The molecule has 150 valence electrons. The third-order valence-electron chi connectivity index (χ3n) is 4.29. The molecule has 6 heteroatoms. The summed E-state index contributed by atoms with van der Waals surface area (Å²) in [7, 11) is 0. The summed E-state index contributed by atoms with van der Waals surface area (Å²) in [5, 5.41) is 3.49. The number of carbonyl (C=O) groups is 2. The Bertz CT molecular complexity index is 835. The van der Waals surface area contributed by atoms with E-state index in [1.807, 2.05) is 45.0 Å². The van der Waals surface area contributed by atoms with Gasteiger partial charge in [-0.15, -0.1) is 0 Å². The number of nitrogens with one attached hydrogen (secondary N) is 1. The number of ether oxygens (including phenoxy) is 2. The summed E-state index contributed by atoms with van der Waals surface area (Å²) in [4.78, 5) is 23.9. The van der Waals surface area contributed by atoms with E-state index in [-0.39, 0.29) is 18.9 Å². The molecule has 0 bridgehead atoms. The van der Waals surface area contributed by atoms with Crippen LogP contribution < -0.4 is 10.1 Å². The molecule has 2 aromatic rings. The van der Waals surface area contributed by atoms with Gasteiger partial charge in [0.15, 0.2) is 6.61 Å². The zero-order valence-corrected chi connectivity index (χ0v) is 17.3. The third kappa shape index (κ3) is 6.57. The van der Waals surface area contributed by atoms with Crippen molar-refractivity contribution in [2.75, 3.05) is 18.5 Å². The van der Waals surface area contributed by atoms with Crippen molar-refractivity contribution < 1.29 is 19.1 Å². The molecule has 1 N–H and O–H groups in total. The summed E-state index contributed by atoms with van der Waals surface area (Å²) in [6, 6.07) is 11.2. The highest BCUT2D eigenvalue weighted by atomic mass is 35.5. The van der Waals surface area contributed by atoms with Gasteiger partial charge in [-0.25, -0.2) is 0 Å². The Morgan fingerprint density at radius 1 is 1.11 bits per heavy atom. The third-order valence-corrected chi connectivity index (χ3v) is 4.52. The highest BCUT2D eigenvalue weighted by Gasteiger charge is 2.11. The molecule has 0 atom stereocenters. The molecule has 0 aliphatic carbocycles. The molecule has 28 heavy (non-hydrogen) atoms. The lowest BCUT2D eigenvalue weighted by Gasteiger charge is -2.13. The second-order valence-electron chi connectivity index (χ2n) is 6.53. The van der Waals surface area contributed by atoms with Gasteiger partial charge in [-0.05, 0) is 61.6 Å². The maximum atomic E-state index is 12.1. The molecule has 0 heterocycles. The molecule has 2 rings (SSSR count). The topological polar surface area (TPSA) is 64.6 Å². The molecule has 1 amide bonds. The molecule has 0 aromatic heterocycles. The number of anilines is 1. The molecule has 5 nitrogen and oxygen atoms in total. The summed E-state index contributed by atoms with van der Waals surface area (Å²) < 4.78 is 10.7. The molecule has 2 aromatic carbocycles. The second kappa shape index (κ2) is 10.7. The van der Waals surface area contributed by atoms with Crippen LogP contribution >= 0.6 is 11.6 Å². The van der Waals surface area contributed by atoms with E-state index < -0.39 is 5.97 Å². The van der Waals surface area contributed by atoms with Gasteiger partial charge in [0.25, 0.3) is 5.91 Å². The molecule has 0 aliphatic heterocycles. The first-order chi connectivity index (χ1) is 13.4. The van der Waals surface area contributed by atoms with E-state index >= 15 is 0 Å². The minimum Gasteiger partial charge on any atom is -0.493 e. The van der Waals surface area contributed by atoms with Crippen LogP contribution in [0.1, 0.15) is 36.5 Å². The Hall–Kier alpha value is -2.53. The van der Waals surface area contributed by atoms with Gasteiger partial charge < -0.3 is 14.8 Å². The fraction of sp³-hybridized carbons (Fsp3) is 0.364. The van der Waals surface area contributed by atoms with Crippen molar-refractivity contribution in [1.29, 1.82) is 0 Å². The Morgan fingerprint density at radius 3 is 2.61 bits per heavy atom. The minimum absolute atomic E-state index is 0.185. The molecule has 0 radical (unpaired) electrons. The van der Waals surface area contributed by atoms with Crippen LogP contribution in [0.5, 0.6) is 5.75 Å². The first kappa shape index (κ1) is 21.8. The molecular formula is C22H26ClNO4. The first-order valence-corrected chi connectivity index (χ1v) is 9.71. The molecular weight excluding hydrogens is 378 g/mol. The molecule has 0 saturated heterocycles. The Balaban J connectivity index is 1.70. The van der Waals surface area contributed by atoms with Gasteiger partial charge in [0.05, 0.1) is 6.61 Å². The molecule has 0 fully saturated rings. The van der Waals surface area contributed by atoms with E-state index in [2.05, 4.69) is 5.32 Å². The van der Waals surface area contributed by atoms with Crippen LogP contribution in [0.3, 0.4) is 0 Å². The number of carbonyl (C=O) groups excluding carboxylic acids is 2. The number of benzene rings is 2. The zero-order chi connectivity index (χ0) is 20.5. The number of para-hydroxylation sites is 1.